The molecule has 0 saturated heterocycles. The van der Waals surface area contributed by atoms with Gasteiger partial charge in [0.1, 0.15) is 17.5 Å². The molecular weight excluding hydrogens is 415 g/mol. The molecule has 7 nitrogen and oxygen atoms in total. The molecule has 31 heavy (non-hydrogen) atoms. The molecule has 0 fully saturated rings. The van der Waals surface area contributed by atoms with Crippen molar-refractivity contribution < 1.29 is 23.1 Å². The zero-order chi connectivity index (χ0) is 23.2. The van der Waals surface area contributed by atoms with E-state index in [0.29, 0.717) is 11.9 Å². The fourth-order valence-electron chi connectivity index (χ4n) is 2.50. The molecule has 2 aromatic carbocycles. The van der Waals surface area contributed by atoms with E-state index in [1.54, 1.807) is 13.8 Å². The number of aromatic amines is 2. The van der Waals surface area contributed by atoms with E-state index < -0.39 is 34.3 Å². The number of aliphatic hydroxyl groups is 1. The van der Waals surface area contributed by atoms with Crippen LogP contribution in [0, 0.1) is 17.5 Å². The number of halogens is 3. The maximum absolute atomic E-state index is 13.2. The Hall–Kier alpha value is -3.40. The molecule has 0 bridgehead atoms. The van der Waals surface area contributed by atoms with Crippen LogP contribution in [-0.2, 0) is 11.3 Å². The third kappa shape index (κ3) is 7.74. The van der Waals surface area contributed by atoms with Gasteiger partial charge in [0.15, 0.2) is 0 Å². The molecule has 0 spiro atoms. The second-order valence-corrected chi connectivity index (χ2v) is 7.42. The zero-order valence-corrected chi connectivity index (χ0v) is 16.9. The lowest BCUT2D eigenvalue weighted by Gasteiger charge is -2.16. The van der Waals surface area contributed by atoms with Gasteiger partial charge in [0.25, 0.3) is 5.56 Å². The number of benzene rings is 2. The van der Waals surface area contributed by atoms with E-state index >= 15 is 0 Å². The molecule has 0 radical (unpaired) electrons. The van der Waals surface area contributed by atoms with Crippen LogP contribution in [0.3, 0.4) is 0 Å². The van der Waals surface area contributed by atoms with Gasteiger partial charge in [-0.3, -0.25) is 14.6 Å². The van der Waals surface area contributed by atoms with Crippen molar-refractivity contribution in [3.63, 3.8) is 0 Å². The van der Waals surface area contributed by atoms with E-state index in [0.717, 1.165) is 18.2 Å². The van der Waals surface area contributed by atoms with Crippen LogP contribution < -0.4 is 16.6 Å². The molecule has 0 saturated carbocycles. The van der Waals surface area contributed by atoms with Crippen LogP contribution in [0.1, 0.15) is 32.3 Å². The van der Waals surface area contributed by atoms with Crippen LogP contribution in [0.15, 0.2) is 46.0 Å². The normalized spacial score (nSPS) is 11.0. The summed E-state index contributed by atoms with van der Waals surface area (Å²) in [6.45, 7) is 3.23. The summed E-state index contributed by atoms with van der Waals surface area (Å²) in [7, 11) is 0. The Balaban J connectivity index is 0.000000231. The summed E-state index contributed by atoms with van der Waals surface area (Å²) in [6.07, 6.45) is 0.483. The Kier molecular flexibility index (Phi) is 7.76. The highest BCUT2D eigenvalue weighted by molar-refractivity contribution is 5.77. The second kappa shape index (κ2) is 10.1. The Bertz CT molecular complexity index is 1180. The lowest BCUT2D eigenvalue weighted by molar-refractivity contribution is -0.122. The first kappa shape index (κ1) is 23.9. The van der Waals surface area contributed by atoms with Crippen LogP contribution in [0.25, 0.3) is 10.9 Å². The summed E-state index contributed by atoms with van der Waals surface area (Å²) < 4.78 is 38.6. The average molecular weight is 437 g/mol. The van der Waals surface area contributed by atoms with Crippen molar-refractivity contribution in [3.05, 3.63) is 80.3 Å². The number of carbonyl (C=O) groups is 1. The first-order chi connectivity index (χ1) is 14.4. The number of amides is 1. The number of fused-ring (bicyclic) bond motifs is 1. The molecule has 4 N–H and O–H groups in total. The van der Waals surface area contributed by atoms with Crippen molar-refractivity contribution in [2.45, 2.75) is 38.8 Å². The molecule has 3 rings (SSSR count). The molecule has 1 heterocycles. The number of nitrogens with one attached hydrogen (secondary N) is 3. The lowest BCUT2D eigenvalue weighted by Crippen LogP contribution is -2.27. The van der Waals surface area contributed by atoms with E-state index in [2.05, 4.69) is 10.3 Å². The van der Waals surface area contributed by atoms with Gasteiger partial charge >= 0.3 is 5.69 Å². The van der Waals surface area contributed by atoms with Gasteiger partial charge < -0.3 is 15.4 Å². The minimum absolute atomic E-state index is 0.0107. The van der Waals surface area contributed by atoms with E-state index in [1.807, 2.05) is 4.98 Å². The summed E-state index contributed by atoms with van der Waals surface area (Å²) in [6, 6.07) is 6.81. The topological polar surface area (TPSA) is 115 Å². The lowest BCUT2D eigenvalue weighted by atomic mass is 10.0. The van der Waals surface area contributed by atoms with E-state index in [9.17, 15) is 32.7 Å². The van der Waals surface area contributed by atoms with Crippen LogP contribution in [0.2, 0.25) is 0 Å². The molecule has 0 aliphatic carbocycles. The van der Waals surface area contributed by atoms with E-state index in [1.165, 1.54) is 18.2 Å². The number of rotatable bonds is 5. The van der Waals surface area contributed by atoms with Crippen molar-refractivity contribution in [2.24, 2.45) is 0 Å². The molecule has 0 unspecified atom stereocenters. The predicted octanol–water partition coefficient (Wildman–Crippen LogP) is 2.49. The number of hydrogen-bond donors (Lipinski definition) is 4. The highest BCUT2D eigenvalue weighted by Crippen LogP contribution is 2.11. The monoisotopic (exact) mass is 437 g/mol. The summed E-state index contributed by atoms with van der Waals surface area (Å²) in [5.74, 6) is -2.12. The highest BCUT2D eigenvalue weighted by Gasteiger charge is 2.15. The van der Waals surface area contributed by atoms with Gasteiger partial charge in [0, 0.05) is 24.6 Å². The van der Waals surface area contributed by atoms with E-state index in [4.69, 9.17) is 0 Å². The zero-order valence-electron chi connectivity index (χ0n) is 16.9. The van der Waals surface area contributed by atoms with Gasteiger partial charge in [-0.25, -0.2) is 18.0 Å². The fraction of sp³-hybridized carbons (Fsp3) is 0.286. The third-order valence-electron chi connectivity index (χ3n) is 4.16. The molecule has 10 heteroatoms. The van der Waals surface area contributed by atoms with Crippen molar-refractivity contribution >= 4 is 16.8 Å². The van der Waals surface area contributed by atoms with Crippen molar-refractivity contribution in [2.75, 3.05) is 0 Å². The molecule has 0 aliphatic heterocycles. The Morgan fingerprint density at radius 3 is 2.32 bits per heavy atom. The molecule has 0 atom stereocenters. The molecule has 0 aliphatic rings. The van der Waals surface area contributed by atoms with Crippen molar-refractivity contribution in [1.29, 1.82) is 0 Å². The molecule has 1 amide bonds. The first-order valence-electron chi connectivity index (χ1n) is 9.29. The summed E-state index contributed by atoms with van der Waals surface area (Å²) in [5.41, 5.74) is -1.52. The molecule has 3 aromatic rings. The van der Waals surface area contributed by atoms with Gasteiger partial charge in [-0.2, -0.15) is 0 Å². The van der Waals surface area contributed by atoms with Crippen LogP contribution in [0.4, 0.5) is 13.2 Å². The highest BCUT2D eigenvalue weighted by atomic mass is 19.1. The smallest absolute Gasteiger partial charge is 0.326 e. The fourth-order valence-corrected chi connectivity index (χ4v) is 2.50. The number of aromatic nitrogens is 2. The predicted molar refractivity (Wildman–Crippen MR) is 109 cm³/mol. The van der Waals surface area contributed by atoms with Gasteiger partial charge in [-0.15, -0.1) is 0 Å². The number of hydrogen-bond acceptors (Lipinski definition) is 4. The van der Waals surface area contributed by atoms with Crippen LogP contribution >= 0.6 is 0 Å². The van der Waals surface area contributed by atoms with Crippen molar-refractivity contribution in [1.82, 2.24) is 15.3 Å². The molecule has 1 aromatic heterocycles. The van der Waals surface area contributed by atoms with Gasteiger partial charge in [0.05, 0.1) is 16.5 Å². The summed E-state index contributed by atoms with van der Waals surface area (Å²) in [5, 5.41) is 12.1. The molecular formula is C21H22F3N3O4. The van der Waals surface area contributed by atoms with Crippen LogP contribution in [-0.4, -0.2) is 26.6 Å². The minimum Gasteiger partial charge on any atom is -0.390 e. The summed E-state index contributed by atoms with van der Waals surface area (Å²) >= 11 is 0. The van der Waals surface area contributed by atoms with Gasteiger partial charge in [-0.1, -0.05) is 6.07 Å². The minimum atomic E-state index is -0.904. The third-order valence-corrected chi connectivity index (χ3v) is 4.16. The Labute approximate surface area is 174 Å². The molecule has 166 valence electrons. The largest absolute Gasteiger partial charge is 0.390 e. The van der Waals surface area contributed by atoms with Crippen molar-refractivity contribution in [3.8, 4) is 0 Å². The quantitative estimate of drug-likeness (QED) is 0.491. The average Bonchev–Trinajstić information content (AvgIpc) is 2.66. The maximum Gasteiger partial charge on any atom is 0.326 e. The van der Waals surface area contributed by atoms with Gasteiger partial charge in [0.2, 0.25) is 5.91 Å². The standard InChI is InChI=1S/C13H17F2NO2.C8H5FN2O2/c1-13(2,18)6-5-12(17)16-8-9-3-4-10(14)7-11(9)15;9-4-1-2-6-5(3-4)7(12)11-8(13)10-6/h3-4,7,18H,5-6,8H2,1-2H3,(H,16,17);1-3H,(H2,10,11,12,13). The summed E-state index contributed by atoms with van der Waals surface area (Å²) in [4.78, 5) is 37.7. The SMILES string of the molecule is CC(C)(O)CCC(=O)NCc1ccc(F)cc1F.O=c1[nH]c(=O)c2cc(F)ccc2[nH]1. The number of H-pyrrole nitrogens is 2. The van der Waals surface area contributed by atoms with Gasteiger partial charge in [-0.05, 0) is 44.5 Å². The number of carbonyl (C=O) groups excluding carboxylic acids is 1. The van der Waals surface area contributed by atoms with Crippen LogP contribution in [0.5, 0.6) is 0 Å². The maximum atomic E-state index is 13.2. The Morgan fingerprint density at radius 1 is 1.03 bits per heavy atom. The Morgan fingerprint density at radius 2 is 1.68 bits per heavy atom. The second-order valence-electron chi connectivity index (χ2n) is 7.42. The first-order valence-corrected chi connectivity index (χ1v) is 9.29. The van der Waals surface area contributed by atoms with E-state index in [-0.39, 0.29) is 29.8 Å².